The van der Waals surface area contributed by atoms with Crippen molar-refractivity contribution in [3.05, 3.63) is 56.9 Å². The van der Waals surface area contributed by atoms with Gasteiger partial charge in [0.15, 0.2) is 18.1 Å². The minimum Gasteiger partial charge on any atom is -0.493 e. The molecule has 1 N–H and O–H groups in total. The highest BCUT2D eigenvalue weighted by atomic mass is 79.9. The van der Waals surface area contributed by atoms with E-state index in [4.69, 9.17) is 14.2 Å². The van der Waals surface area contributed by atoms with Gasteiger partial charge < -0.3 is 19.5 Å². The van der Waals surface area contributed by atoms with Crippen molar-refractivity contribution in [1.29, 1.82) is 0 Å². The Morgan fingerprint density at radius 2 is 1.86 bits per heavy atom. The van der Waals surface area contributed by atoms with E-state index in [2.05, 4.69) is 21.2 Å². The standard InChI is InChI=1S/C25H25BrN2O7S/c1-14(2)35-22(30)12-28-24(31)20(36-25(28)32)11-16-9-18(26)23(19(10-16)33-4)34-13-21(29)27-17-7-5-15(3)6-8-17/h5-11,14H,12-13H2,1-4H3,(H,27,29)/b20-11+. The number of nitrogens with one attached hydrogen (secondary N) is 1. The van der Waals surface area contributed by atoms with E-state index in [1.807, 2.05) is 19.1 Å². The fraction of sp³-hybridized carbons (Fsp3) is 0.280. The van der Waals surface area contributed by atoms with Crippen molar-refractivity contribution in [2.75, 3.05) is 25.6 Å². The summed E-state index contributed by atoms with van der Waals surface area (Å²) in [5.41, 5.74) is 2.28. The summed E-state index contributed by atoms with van der Waals surface area (Å²) in [5.74, 6) is -0.974. The first-order valence-electron chi connectivity index (χ1n) is 10.9. The number of hydrogen-bond acceptors (Lipinski definition) is 8. The molecule has 0 aliphatic carbocycles. The molecule has 36 heavy (non-hydrogen) atoms. The Kier molecular flexibility index (Phi) is 9.16. The smallest absolute Gasteiger partial charge is 0.326 e. The summed E-state index contributed by atoms with van der Waals surface area (Å²) in [7, 11) is 1.44. The molecule has 1 aliphatic rings. The van der Waals surface area contributed by atoms with Gasteiger partial charge in [0.05, 0.1) is 22.6 Å². The molecular weight excluding hydrogens is 552 g/mol. The number of esters is 1. The van der Waals surface area contributed by atoms with Crippen molar-refractivity contribution >= 4 is 62.5 Å². The number of thioether (sulfide) groups is 1. The van der Waals surface area contributed by atoms with Crippen LogP contribution in [0.5, 0.6) is 11.5 Å². The van der Waals surface area contributed by atoms with Crippen LogP contribution >= 0.6 is 27.7 Å². The fourth-order valence-electron chi connectivity index (χ4n) is 3.15. The molecule has 0 saturated carbocycles. The van der Waals surface area contributed by atoms with E-state index in [0.717, 1.165) is 22.2 Å². The van der Waals surface area contributed by atoms with Crippen LogP contribution in [-0.4, -0.2) is 54.3 Å². The summed E-state index contributed by atoms with van der Waals surface area (Å²) in [4.78, 5) is 50.2. The molecule has 0 aromatic heterocycles. The number of aryl methyl sites for hydroxylation is 1. The predicted octanol–water partition coefficient (Wildman–Crippen LogP) is 4.77. The highest BCUT2D eigenvalue weighted by Gasteiger charge is 2.37. The minimum atomic E-state index is -0.661. The molecule has 0 radical (unpaired) electrons. The Morgan fingerprint density at radius 1 is 1.17 bits per heavy atom. The fourth-order valence-corrected chi connectivity index (χ4v) is 4.56. The summed E-state index contributed by atoms with van der Waals surface area (Å²) >= 11 is 4.14. The van der Waals surface area contributed by atoms with Gasteiger partial charge >= 0.3 is 5.97 Å². The number of carbonyl (C=O) groups excluding carboxylic acids is 4. The van der Waals surface area contributed by atoms with E-state index in [9.17, 15) is 19.2 Å². The van der Waals surface area contributed by atoms with Crippen molar-refractivity contribution in [2.24, 2.45) is 0 Å². The largest absolute Gasteiger partial charge is 0.493 e. The van der Waals surface area contributed by atoms with Gasteiger partial charge in [-0.1, -0.05) is 17.7 Å². The first-order chi connectivity index (χ1) is 17.1. The lowest BCUT2D eigenvalue weighted by molar-refractivity contribution is -0.149. The van der Waals surface area contributed by atoms with Crippen LogP contribution in [0.4, 0.5) is 10.5 Å². The third-order valence-electron chi connectivity index (χ3n) is 4.76. The highest BCUT2D eigenvalue weighted by Crippen LogP contribution is 2.39. The summed E-state index contributed by atoms with van der Waals surface area (Å²) in [6.45, 7) is 4.61. The Hall–Kier alpha value is -3.31. The molecule has 2 aromatic rings. The van der Waals surface area contributed by atoms with Crippen molar-refractivity contribution in [2.45, 2.75) is 26.9 Å². The van der Waals surface area contributed by atoms with E-state index in [1.165, 1.54) is 13.2 Å². The predicted molar refractivity (Wildman–Crippen MR) is 140 cm³/mol. The van der Waals surface area contributed by atoms with Crippen LogP contribution in [0, 0.1) is 6.92 Å². The van der Waals surface area contributed by atoms with Gasteiger partial charge in [-0.3, -0.25) is 24.1 Å². The maximum atomic E-state index is 12.7. The molecule has 3 amide bonds. The van der Waals surface area contributed by atoms with Gasteiger partial charge in [-0.25, -0.2) is 0 Å². The Morgan fingerprint density at radius 3 is 2.50 bits per heavy atom. The van der Waals surface area contributed by atoms with E-state index in [-0.39, 0.29) is 23.5 Å². The third kappa shape index (κ3) is 7.11. The zero-order valence-electron chi connectivity index (χ0n) is 20.1. The molecule has 0 atom stereocenters. The number of imide groups is 1. The first-order valence-corrected chi connectivity index (χ1v) is 12.5. The average Bonchev–Trinajstić information content (AvgIpc) is 3.06. The van der Waals surface area contributed by atoms with Crippen LogP contribution in [-0.2, 0) is 19.1 Å². The second-order valence-electron chi connectivity index (χ2n) is 8.04. The van der Waals surface area contributed by atoms with Gasteiger partial charge in [0, 0.05) is 5.69 Å². The number of carbonyl (C=O) groups is 4. The summed E-state index contributed by atoms with van der Waals surface area (Å²) in [5, 5.41) is 2.20. The molecule has 2 aromatic carbocycles. The van der Waals surface area contributed by atoms with Gasteiger partial charge in [0.2, 0.25) is 0 Å². The van der Waals surface area contributed by atoms with Crippen LogP contribution in [0.1, 0.15) is 25.0 Å². The van der Waals surface area contributed by atoms with E-state index in [0.29, 0.717) is 27.2 Å². The topological polar surface area (TPSA) is 111 Å². The number of methoxy groups -OCH3 is 1. The van der Waals surface area contributed by atoms with Gasteiger partial charge in [0.1, 0.15) is 6.54 Å². The van der Waals surface area contributed by atoms with Crippen molar-refractivity contribution in [3.63, 3.8) is 0 Å². The highest BCUT2D eigenvalue weighted by molar-refractivity contribution is 9.10. The number of benzene rings is 2. The molecule has 0 bridgehead atoms. The molecule has 0 spiro atoms. The summed E-state index contributed by atoms with van der Waals surface area (Å²) in [6, 6.07) is 10.7. The van der Waals surface area contributed by atoms with Gasteiger partial charge in [-0.2, -0.15) is 0 Å². The van der Waals surface area contributed by atoms with Crippen molar-refractivity contribution < 1.29 is 33.4 Å². The maximum absolute atomic E-state index is 12.7. The molecule has 9 nitrogen and oxygen atoms in total. The Labute approximate surface area is 221 Å². The molecule has 0 unspecified atom stereocenters. The molecule has 1 saturated heterocycles. The Bertz CT molecular complexity index is 1210. The van der Waals surface area contributed by atoms with Gasteiger partial charge in [0.25, 0.3) is 17.1 Å². The van der Waals surface area contributed by atoms with Crippen LogP contribution in [0.25, 0.3) is 6.08 Å². The molecule has 1 fully saturated rings. The number of anilines is 1. The minimum absolute atomic E-state index is 0.150. The number of nitrogens with zero attached hydrogens (tertiary/aromatic N) is 1. The van der Waals surface area contributed by atoms with Crippen molar-refractivity contribution in [1.82, 2.24) is 4.90 Å². The summed E-state index contributed by atoms with van der Waals surface area (Å²) < 4.78 is 16.6. The van der Waals surface area contributed by atoms with Gasteiger partial charge in [-0.15, -0.1) is 0 Å². The first kappa shape index (κ1) is 27.3. The lowest BCUT2D eigenvalue weighted by atomic mass is 10.2. The lowest BCUT2D eigenvalue weighted by Crippen LogP contribution is -2.35. The molecule has 1 aliphatic heterocycles. The number of rotatable bonds is 9. The summed E-state index contributed by atoms with van der Waals surface area (Å²) in [6.07, 6.45) is 1.16. The second-order valence-corrected chi connectivity index (χ2v) is 9.89. The second kappa shape index (κ2) is 12.1. The van der Waals surface area contributed by atoms with Gasteiger partial charge in [-0.05, 0) is 84.4 Å². The maximum Gasteiger partial charge on any atom is 0.326 e. The number of halogens is 1. The number of ether oxygens (including phenoxy) is 3. The SMILES string of the molecule is COc1cc(/C=C2/SC(=O)N(CC(=O)OC(C)C)C2=O)cc(Br)c1OCC(=O)Nc1ccc(C)cc1. The van der Waals surface area contributed by atoms with Crippen LogP contribution < -0.4 is 14.8 Å². The normalized spacial score (nSPS) is 14.4. The molecular formula is C25H25BrN2O7S. The van der Waals surface area contributed by atoms with Crippen LogP contribution in [0.15, 0.2) is 45.8 Å². The number of amides is 3. The molecule has 11 heteroatoms. The molecule has 190 valence electrons. The monoisotopic (exact) mass is 576 g/mol. The molecule has 1 heterocycles. The zero-order chi connectivity index (χ0) is 26.4. The van der Waals surface area contributed by atoms with Crippen molar-refractivity contribution in [3.8, 4) is 11.5 Å². The lowest BCUT2D eigenvalue weighted by Gasteiger charge is -2.14. The zero-order valence-corrected chi connectivity index (χ0v) is 22.5. The van der Waals surface area contributed by atoms with Crippen LogP contribution in [0.2, 0.25) is 0 Å². The van der Waals surface area contributed by atoms with Crippen LogP contribution in [0.3, 0.4) is 0 Å². The van der Waals surface area contributed by atoms with E-state index >= 15 is 0 Å². The quantitative estimate of drug-likeness (QED) is 0.335. The van der Waals surface area contributed by atoms with E-state index in [1.54, 1.807) is 38.1 Å². The Balaban J connectivity index is 1.70. The van der Waals surface area contributed by atoms with E-state index < -0.39 is 23.7 Å². The number of hydrogen-bond donors (Lipinski definition) is 1. The average molecular weight is 577 g/mol. The third-order valence-corrected chi connectivity index (χ3v) is 6.26. The molecule has 3 rings (SSSR count).